The topological polar surface area (TPSA) is 66.8 Å². The van der Waals surface area contributed by atoms with Gasteiger partial charge in [0.2, 0.25) is 0 Å². The number of phenols is 1. The van der Waals surface area contributed by atoms with Gasteiger partial charge in [-0.15, -0.1) is 0 Å². The first-order chi connectivity index (χ1) is 6.24. The van der Waals surface area contributed by atoms with Crippen molar-refractivity contribution in [3.8, 4) is 5.75 Å². The zero-order valence-electron chi connectivity index (χ0n) is 6.93. The Bertz CT molecular complexity index is 295. The van der Waals surface area contributed by atoms with Gasteiger partial charge in [-0.1, -0.05) is 18.2 Å². The Balaban J connectivity index is 2.54. The summed E-state index contributed by atoms with van der Waals surface area (Å²) < 4.78 is 4.61. The summed E-state index contributed by atoms with van der Waals surface area (Å²) in [5, 5.41) is 17.6. The van der Waals surface area contributed by atoms with E-state index < -0.39 is 12.6 Å². The number of benzene rings is 1. The third kappa shape index (κ3) is 2.76. The highest BCUT2D eigenvalue weighted by atomic mass is 16.5. The van der Waals surface area contributed by atoms with Gasteiger partial charge in [0.15, 0.2) is 0 Å². The fourth-order valence-electron chi connectivity index (χ4n) is 0.837. The average molecular weight is 182 g/mol. The largest absolute Gasteiger partial charge is 0.508 e. The molecule has 0 radical (unpaired) electrons. The van der Waals surface area contributed by atoms with Crippen molar-refractivity contribution in [3.63, 3.8) is 0 Å². The van der Waals surface area contributed by atoms with Crippen molar-refractivity contribution in [1.29, 1.82) is 0 Å². The predicted octanol–water partition coefficient (Wildman–Crippen LogP) is 0.428. The summed E-state index contributed by atoms with van der Waals surface area (Å²) in [5.41, 5.74) is 0.518. The lowest BCUT2D eigenvalue weighted by Crippen LogP contribution is -2.08. The van der Waals surface area contributed by atoms with E-state index in [0.717, 1.165) is 0 Å². The fourth-order valence-corrected chi connectivity index (χ4v) is 0.837. The first-order valence-corrected chi connectivity index (χ1v) is 3.77. The standard InChI is InChI=1S/C9H10O4/c10-5-9(12)13-6-7-3-1-2-4-8(7)11/h1-4,10-11H,5-6H2. The van der Waals surface area contributed by atoms with Crippen molar-refractivity contribution < 1.29 is 19.7 Å². The number of aliphatic hydroxyl groups is 1. The Morgan fingerprint density at radius 3 is 2.69 bits per heavy atom. The quantitative estimate of drug-likeness (QED) is 0.665. The minimum atomic E-state index is -0.705. The van der Waals surface area contributed by atoms with Crippen molar-refractivity contribution in [1.82, 2.24) is 0 Å². The lowest BCUT2D eigenvalue weighted by Gasteiger charge is -2.04. The van der Waals surface area contributed by atoms with Crippen molar-refractivity contribution in [3.05, 3.63) is 29.8 Å². The van der Waals surface area contributed by atoms with Gasteiger partial charge >= 0.3 is 5.97 Å². The average Bonchev–Trinajstić information content (AvgIpc) is 2.16. The van der Waals surface area contributed by atoms with E-state index >= 15 is 0 Å². The number of aromatic hydroxyl groups is 1. The number of carbonyl (C=O) groups is 1. The van der Waals surface area contributed by atoms with Gasteiger partial charge in [-0.2, -0.15) is 0 Å². The molecule has 2 N–H and O–H groups in total. The number of para-hydroxylation sites is 1. The lowest BCUT2D eigenvalue weighted by atomic mass is 10.2. The Labute approximate surface area is 75.4 Å². The molecule has 0 saturated carbocycles. The molecule has 4 heteroatoms. The van der Waals surface area contributed by atoms with E-state index in [1.165, 1.54) is 6.07 Å². The molecular formula is C9H10O4. The maximum atomic E-state index is 10.5. The maximum absolute atomic E-state index is 10.5. The number of rotatable bonds is 3. The van der Waals surface area contributed by atoms with Crippen molar-refractivity contribution in [2.75, 3.05) is 6.61 Å². The molecule has 0 saturated heterocycles. The number of hydrogen-bond donors (Lipinski definition) is 2. The number of ether oxygens (including phenoxy) is 1. The molecule has 0 atom stereocenters. The number of carbonyl (C=O) groups excluding carboxylic acids is 1. The molecule has 4 nitrogen and oxygen atoms in total. The van der Waals surface area contributed by atoms with E-state index in [0.29, 0.717) is 5.56 Å². The summed E-state index contributed by atoms with van der Waals surface area (Å²) in [4.78, 5) is 10.5. The number of hydrogen-bond acceptors (Lipinski definition) is 4. The first-order valence-electron chi connectivity index (χ1n) is 3.77. The van der Waals surface area contributed by atoms with Gasteiger partial charge in [0.25, 0.3) is 0 Å². The molecule has 0 aromatic heterocycles. The van der Waals surface area contributed by atoms with Gasteiger partial charge in [0, 0.05) is 5.56 Å². The molecule has 0 aliphatic rings. The smallest absolute Gasteiger partial charge is 0.332 e. The van der Waals surface area contributed by atoms with E-state index in [2.05, 4.69) is 4.74 Å². The monoisotopic (exact) mass is 182 g/mol. The van der Waals surface area contributed by atoms with Crippen molar-refractivity contribution >= 4 is 5.97 Å². The second kappa shape index (κ2) is 4.47. The van der Waals surface area contributed by atoms with Crippen LogP contribution in [0.25, 0.3) is 0 Å². The van der Waals surface area contributed by atoms with Crippen LogP contribution in [0, 0.1) is 0 Å². The normalized spacial score (nSPS) is 9.62. The third-order valence-corrected chi connectivity index (χ3v) is 1.51. The minimum Gasteiger partial charge on any atom is -0.508 e. The van der Waals surface area contributed by atoms with E-state index in [9.17, 15) is 9.90 Å². The summed E-state index contributed by atoms with van der Waals surface area (Å²) in [6, 6.07) is 6.54. The van der Waals surface area contributed by atoms with Crippen LogP contribution in [0.1, 0.15) is 5.56 Å². The Morgan fingerprint density at radius 1 is 1.38 bits per heavy atom. The molecule has 1 rings (SSSR count). The van der Waals surface area contributed by atoms with Gasteiger partial charge in [-0.3, -0.25) is 0 Å². The van der Waals surface area contributed by atoms with Gasteiger partial charge in [0.05, 0.1) is 0 Å². The lowest BCUT2D eigenvalue weighted by molar-refractivity contribution is -0.148. The van der Waals surface area contributed by atoms with Gasteiger partial charge < -0.3 is 14.9 Å². The number of esters is 1. The van der Waals surface area contributed by atoms with Crippen LogP contribution in [0.2, 0.25) is 0 Å². The molecular weight excluding hydrogens is 172 g/mol. The van der Waals surface area contributed by atoms with Crippen LogP contribution in [-0.4, -0.2) is 22.8 Å². The molecule has 70 valence electrons. The second-order valence-electron chi connectivity index (χ2n) is 2.45. The molecule has 0 aliphatic carbocycles. The summed E-state index contributed by atoms with van der Waals surface area (Å²) in [5.74, 6) is -0.628. The molecule has 0 spiro atoms. The second-order valence-corrected chi connectivity index (χ2v) is 2.45. The molecule has 1 aromatic rings. The summed E-state index contributed by atoms with van der Waals surface area (Å²) >= 11 is 0. The molecule has 0 bridgehead atoms. The Hall–Kier alpha value is -1.55. The van der Waals surface area contributed by atoms with Crippen molar-refractivity contribution in [2.45, 2.75) is 6.61 Å². The minimum absolute atomic E-state index is 0.0218. The molecule has 0 unspecified atom stereocenters. The van der Waals surface area contributed by atoms with Crippen LogP contribution < -0.4 is 0 Å². The molecule has 0 amide bonds. The van der Waals surface area contributed by atoms with Crippen LogP contribution in [0.15, 0.2) is 24.3 Å². The predicted molar refractivity (Wildman–Crippen MR) is 45.0 cm³/mol. The van der Waals surface area contributed by atoms with E-state index in [4.69, 9.17) is 5.11 Å². The van der Waals surface area contributed by atoms with Crippen molar-refractivity contribution in [2.24, 2.45) is 0 Å². The Kier molecular flexibility index (Phi) is 3.28. The highest BCUT2D eigenvalue weighted by Crippen LogP contribution is 2.16. The highest BCUT2D eigenvalue weighted by molar-refractivity contribution is 5.70. The van der Waals surface area contributed by atoms with Crippen LogP contribution >= 0.6 is 0 Å². The first kappa shape index (κ1) is 9.54. The summed E-state index contributed by atoms with van der Waals surface area (Å²) in [7, 11) is 0. The number of aliphatic hydroxyl groups excluding tert-OH is 1. The third-order valence-electron chi connectivity index (χ3n) is 1.51. The molecule has 0 fully saturated rings. The van der Waals surface area contributed by atoms with E-state index in [-0.39, 0.29) is 12.4 Å². The van der Waals surface area contributed by atoms with Crippen LogP contribution in [0.4, 0.5) is 0 Å². The molecule has 0 heterocycles. The SMILES string of the molecule is O=C(CO)OCc1ccccc1O. The van der Waals surface area contributed by atoms with Gasteiger partial charge in [-0.25, -0.2) is 4.79 Å². The molecule has 1 aromatic carbocycles. The maximum Gasteiger partial charge on any atom is 0.332 e. The van der Waals surface area contributed by atoms with Crippen LogP contribution in [0.5, 0.6) is 5.75 Å². The molecule has 13 heavy (non-hydrogen) atoms. The van der Waals surface area contributed by atoms with E-state index in [1.54, 1.807) is 18.2 Å². The Morgan fingerprint density at radius 2 is 2.08 bits per heavy atom. The fraction of sp³-hybridized carbons (Fsp3) is 0.222. The zero-order chi connectivity index (χ0) is 9.68. The number of phenolic OH excluding ortho intramolecular Hbond substituents is 1. The van der Waals surface area contributed by atoms with Gasteiger partial charge in [-0.05, 0) is 6.07 Å². The zero-order valence-corrected chi connectivity index (χ0v) is 6.93. The highest BCUT2D eigenvalue weighted by Gasteiger charge is 2.03. The van der Waals surface area contributed by atoms with Crippen LogP contribution in [0.3, 0.4) is 0 Å². The molecule has 0 aliphatic heterocycles. The van der Waals surface area contributed by atoms with Gasteiger partial charge in [0.1, 0.15) is 19.0 Å². The summed E-state index contributed by atoms with van der Waals surface area (Å²) in [6.07, 6.45) is 0. The van der Waals surface area contributed by atoms with Crippen LogP contribution in [-0.2, 0) is 16.1 Å². The summed E-state index contributed by atoms with van der Waals surface area (Å²) in [6.45, 7) is -0.667. The van der Waals surface area contributed by atoms with E-state index in [1.807, 2.05) is 0 Å².